The van der Waals surface area contributed by atoms with Crippen molar-refractivity contribution in [1.82, 2.24) is 14.6 Å². The monoisotopic (exact) mass is 510 g/mol. The van der Waals surface area contributed by atoms with E-state index < -0.39 is 16.3 Å². The van der Waals surface area contributed by atoms with Crippen molar-refractivity contribution in [2.75, 3.05) is 38.0 Å². The molecule has 0 aliphatic carbocycles. The van der Waals surface area contributed by atoms with E-state index in [1.165, 1.54) is 9.87 Å². The maximum atomic E-state index is 12.9. The Balaban J connectivity index is 1.21. The van der Waals surface area contributed by atoms with E-state index in [1.54, 1.807) is 37.7 Å². The van der Waals surface area contributed by atoms with Gasteiger partial charge in [0.1, 0.15) is 5.75 Å². The Bertz CT molecular complexity index is 1190. The van der Waals surface area contributed by atoms with Crippen molar-refractivity contribution >= 4 is 15.9 Å². The summed E-state index contributed by atoms with van der Waals surface area (Å²) < 4.78 is 35.3. The molecule has 9 heteroatoms. The van der Waals surface area contributed by atoms with Gasteiger partial charge in [-0.1, -0.05) is 30.3 Å². The fraction of sp³-hybridized carbons (Fsp3) is 0.370. The normalized spacial score (nSPS) is 17.1. The Morgan fingerprint density at radius 2 is 1.86 bits per heavy atom. The summed E-state index contributed by atoms with van der Waals surface area (Å²) in [7, 11) is -1.96. The third-order valence-corrected chi connectivity index (χ3v) is 7.98. The number of benzene rings is 2. The first-order chi connectivity index (χ1) is 17.4. The molecule has 0 bridgehead atoms. The summed E-state index contributed by atoms with van der Waals surface area (Å²) >= 11 is 0. The first-order valence-electron chi connectivity index (χ1n) is 12.2. The van der Waals surface area contributed by atoms with Crippen LogP contribution in [0.5, 0.6) is 5.75 Å². The average Bonchev–Trinajstić information content (AvgIpc) is 3.38. The largest absolute Gasteiger partial charge is 0.497 e. The van der Waals surface area contributed by atoms with Crippen LogP contribution in [0.25, 0.3) is 0 Å². The Labute approximate surface area is 213 Å². The van der Waals surface area contributed by atoms with Crippen LogP contribution in [0.2, 0.25) is 0 Å². The number of nitrogens with one attached hydrogen (secondary N) is 2. The first-order valence-corrected chi connectivity index (χ1v) is 13.7. The number of pyridine rings is 1. The van der Waals surface area contributed by atoms with E-state index in [2.05, 4.69) is 15.0 Å². The summed E-state index contributed by atoms with van der Waals surface area (Å²) in [5.41, 5.74) is 3.61. The molecule has 8 nitrogen and oxygen atoms in total. The summed E-state index contributed by atoms with van der Waals surface area (Å²) in [4.78, 5) is 4.02. The molecule has 0 saturated carbocycles. The maximum absolute atomic E-state index is 12.9. The van der Waals surface area contributed by atoms with Crippen molar-refractivity contribution in [3.05, 3.63) is 89.7 Å². The topological polar surface area (TPSA) is 104 Å². The van der Waals surface area contributed by atoms with Crippen molar-refractivity contribution in [2.24, 2.45) is 5.92 Å². The minimum absolute atomic E-state index is 0.293. The van der Waals surface area contributed by atoms with Crippen LogP contribution in [0.4, 0.5) is 5.69 Å². The summed E-state index contributed by atoms with van der Waals surface area (Å²) in [5.74, 6) is 1.11. The molecule has 2 atom stereocenters. The fourth-order valence-corrected chi connectivity index (χ4v) is 5.71. The van der Waals surface area contributed by atoms with Crippen LogP contribution >= 0.6 is 0 Å². The number of hydrogen-bond donors (Lipinski definition) is 3. The van der Waals surface area contributed by atoms with Gasteiger partial charge in [0.05, 0.1) is 13.2 Å². The van der Waals surface area contributed by atoms with Crippen LogP contribution in [-0.2, 0) is 23.1 Å². The molecular formula is C27H34N4O4S. The van der Waals surface area contributed by atoms with Gasteiger partial charge in [0.15, 0.2) is 0 Å². The lowest BCUT2D eigenvalue weighted by atomic mass is 9.99. The first kappa shape index (κ1) is 26.1. The molecule has 1 aliphatic rings. The van der Waals surface area contributed by atoms with Gasteiger partial charge in [-0.2, -0.15) is 12.7 Å². The van der Waals surface area contributed by atoms with Crippen LogP contribution in [0, 0.1) is 5.92 Å². The van der Waals surface area contributed by atoms with E-state index in [-0.39, 0.29) is 0 Å². The Morgan fingerprint density at radius 1 is 1.11 bits per heavy atom. The van der Waals surface area contributed by atoms with E-state index in [0.29, 0.717) is 37.8 Å². The van der Waals surface area contributed by atoms with E-state index in [9.17, 15) is 13.5 Å². The highest BCUT2D eigenvalue weighted by molar-refractivity contribution is 7.90. The number of rotatable bonds is 12. The zero-order valence-electron chi connectivity index (χ0n) is 20.5. The van der Waals surface area contributed by atoms with Crippen LogP contribution in [0.1, 0.15) is 29.2 Å². The van der Waals surface area contributed by atoms with E-state index in [0.717, 1.165) is 36.1 Å². The van der Waals surface area contributed by atoms with Crippen molar-refractivity contribution in [1.29, 1.82) is 0 Å². The summed E-state index contributed by atoms with van der Waals surface area (Å²) in [5, 5.41) is 13.4. The Morgan fingerprint density at radius 3 is 2.56 bits per heavy atom. The molecule has 1 aromatic heterocycles. The lowest BCUT2D eigenvalue weighted by Gasteiger charge is -2.18. The van der Waals surface area contributed by atoms with Gasteiger partial charge in [0.25, 0.3) is 0 Å². The molecule has 36 heavy (non-hydrogen) atoms. The molecule has 4 rings (SSSR count). The van der Waals surface area contributed by atoms with Crippen molar-refractivity contribution < 1.29 is 18.3 Å². The van der Waals surface area contributed by atoms with Crippen LogP contribution < -0.4 is 14.8 Å². The Hall–Kier alpha value is -2.98. The molecule has 3 N–H and O–H groups in total. The molecule has 2 aromatic carbocycles. The van der Waals surface area contributed by atoms with E-state index in [1.807, 2.05) is 42.5 Å². The number of methoxy groups -OCH3 is 1. The SMILES string of the molecule is COc1ccc(CC2CCN(S(=O)(=O)Nc3ccc(CCNC[C@@H](O)c4cccnc4)cc3)C2)cc1. The van der Waals surface area contributed by atoms with Crippen molar-refractivity contribution in [3.8, 4) is 5.75 Å². The van der Waals surface area contributed by atoms with Gasteiger partial charge in [0.2, 0.25) is 0 Å². The molecule has 1 unspecified atom stereocenters. The second kappa shape index (κ2) is 12.3. The predicted molar refractivity (Wildman–Crippen MR) is 141 cm³/mol. The van der Waals surface area contributed by atoms with E-state index in [4.69, 9.17) is 4.74 Å². The number of aliphatic hydroxyl groups excluding tert-OH is 1. The quantitative estimate of drug-likeness (QED) is 0.324. The number of ether oxygens (including phenoxy) is 1. The van der Waals surface area contributed by atoms with Crippen LogP contribution in [-0.4, -0.2) is 56.1 Å². The minimum Gasteiger partial charge on any atom is -0.497 e. The Kier molecular flexibility index (Phi) is 8.93. The molecule has 1 fully saturated rings. The van der Waals surface area contributed by atoms with Gasteiger partial charge in [-0.05, 0) is 73.2 Å². The second-order valence-electron chi connectivity index (χ2n) is 9.13. The zero-order valence-corrected chi connectivity index (χ0v) is 21.3. The molecule has 0 radical (unpaired) electrons. The highest BCUT2D eigenvalue weighted by atomic mass is 32.2. The molecule has 192 valence electrons. The molecule has 2 heterocycles. The number of aliphatic hydroxyl groups is 1. The summed E-state index contributed by atoms with van der Waals surface area (Å²) in [6.45, 7) is 2.17. The predicted octanol–water partition coefficient (Wildman–Crippen LogP) is 3.18. The van der Waals surface area contributed by atoms with Crippen LogP contribution in [0.3, 0.4) is 0 Å². The molecule has 3 aromatic rings. The lowest BCUT2D eigenvalue weighted by molar-refractivity contribution is 0.174. The maximum Gasteiger partial charge on any atom is 0.301 e. The van der Waals surface area contributed by atoms with Gasteiger partial charge < -0.3 is 15.2 Å². The zero-order chi connectivity index (χ0) is 25.4. The third kappa shape index (κ3) is 7.27. The summed E-state index contributed by atoms with van der Waals surface area (Å²) in [6, 6.07) is 19.0. The third-order valence-electron chi connectivity index (χ3n) is 6.47. The van der Waals surface area contributed by atoms with Gasteiger partial charge in [-0.3, -0.25) is 9.71 Å². The van der Waals surface area contributed by atoms with E-state index >= 15 is 0 Å². The number of anilines is 1. The molecule has 0 spiro atoms. The highest BCUT2D eigenvalue weighted by Crippen LogP contribution is 2.25. The molecular weight excluding hydrogens is 476 g/mol. The number of aromatic nitrogens is 1. The van der Waals surface area contributed by atoms with Gasteiger partial charge in [-0.25, -0.2) is 0 Å². The standard InChI is InChI=1S/C27H34N4O4S/c1-35-26-10-6-22(7-11-26)17-23-13-16-31(20-23)36(33,34)30-25-8-4-21(5-9-25)12-15-29-19-27(32)24-3-2-14-28-18-24/h2-11,14,18,23,27,29-30,32H,12-13,15-17,19-20H2,1H3/t23?,27-/m1/s1. The minimum atomic E-state index is -3.60. The highest BCUT2D eigenvalue weighted by Gasteiger charge is 2.31. The number of hydrogen-bond acceptors (Lipinski definition) is 6. The summed E-state index contributed by atoms with van der Waals surface area (Å²) in [6.07, 6.45) is 5.20. The van der Waals surface area contributed by atoms with Crippen molar-refractivity contribution in [2.45, 2.75) is 25.4 Å². The van der Waals surface area contributed by atoms with Crippen LogP contribution in [0.15, 0.2) is 73.1 Å². The smallest absolute Gasteiger partial charge is 0.301 e. The van der Waals surface area contributed by atoms with Gasteiger partial charge in [0, 0.05) is 43.3 Å². The van der Waals surface area contributed by atoms with Gasteiger partial charge >= 0.3 is 10.2 Å². The molecule has 1 aliphatic heterocycles. The lowest BCUT2D eigenvalue weighted by Crippen LogP contribution is -2.34. The van der Waals surface area contributed by atoms with Gasteiger partial charge in [-0.15, -0.1) is 0 Å². The average molecular weight is 511 g/mol. The second-order valence-corrected chi connectivity index (χ2v) is 10.8. The number of nitrogens with zero attached hydrogens (tertiary/aromatic N) is 2. The van der Waals surface area contributed by atoms with Crippen molar-refractivity contribution in [3.63, 3.8) is 0 Å². The molecule has 1 saturated heterocycles. The fourth-order valence-electron chi connectivity index (χ4n) is 4.39. The molecule has 0 amide bonds.